The Morgan fingerprint density at radius 3 is 2.94 bits per heavy atom. The fourth-order valence-electron chi connectivity index (χ4n) is 1.85. The number of hydrogen-bond acceptors (Lipinski definition) is 2. The zero-order chi connectivity index (χ0) is 12.4. The zero-order valence-electron chi connectivity index (χ0n) is 10.4. The molecule has 0 fully saturated rings. The van der Waals surface area contributed by atoms with Crippen LogP contribution in [0.15, 0.2) is 18.2 Å². The molecule has 90 valence electrons. The molecule has 2 rings (SSSR count). The minimum absolute atomic E-state index is 0.0515. The second-order valence-electron chi connectivity index (χ2n) is 4.57. The molecule has 1 heterocycles. The first kappa shape index (κ1) is 11.6. The van der Waals surface area contributed by atoms with Crippen LogP contribution in [0.3, 0.4) is 0 Å². The molecule has 2 N–H and O–H groups in total. The average Bonchev–Trinajstić information content (AvgIpc) is 2.55. The number of imidazole rings is 1. The van der Waals surface area contributed by atoms with Gasteiger partial charge in [0, 0.05) is 6.04 Å². The van der Waals surface area contributed by atoms with Crippen molar-refractivity contribution in [3.8, 4) is 0 Å². The number of nitrogens with zero attached hydrogens (tertiary/aromatic N) is 1. The molecule has 0 spiro atoms. The number of benzene rings is 1. The van der Waals surface area contributed by atoms with E-state index in [0.29, 0.717) is 6.42 Å². The van der Waals surface area contributed by atoms with E-state index in [1.165, 1.54) is 0 Å². The molecule has 0 aliphatic heterocycles. The molecule has 17 heavy (non-hydrogen) atoms. The number of rotatable bonds is 3. The van der Waals surface area contributed by atoms with E-state index in [1.807, 2.05) is 39.0 Å². The molecule has 0 saturated carbocycles. The second-order valence-corrected chi connectivity index (χ2v) is 4.57. The maximum Gasteiger partial charge on any atom is 0.224 e. The van der Waals surface area contributed by atoms with E-state index in [1.54, 1.807) is 0 Å². The van der Waals surface area contributed by atoms with Crippen molar-refractivity contribution in [3.05, 3.63) is 29.6 Å². The Kier molecular flexibility index (Phi) is 3.13. The van der Waals surface area contributed by atoms with Crippen LogP contribution in [-0.2, 0) is 11.2 Å². The monoisotopic (exact) mass is 231 g/mol. The van der Waals surface area contributed by atoms with Gasteiger partial charge in [-0.25, -0.2) is 4.98 Å². The van der Waals surface area contributed by atoms with E-state index in [0.717, 1.165) is 22.4 Å². The maximum absolute atomic E-state index is 11.6. The summed E-state index contributed by atoms with van der Waals surface area (Å²) >= 11 is 0. The molecular weight excluding hydrogens is 214 g/mol. The van der Waals surface area contributed by atoms with Gasteiger partial charge in [0.05, 0.1) is 17.5 Å². The number of amides is 1. The summed E-state index contributed by atoms with van der Waals surface area (Å²) in [6.45, 7) is 5.84. The van der Waals surface area contributed by atoms with Crippen molar-refractivity contribution < 1.29 is 4.79 Å². The van der Waals surface area contributed by atoms with E-state index in [2.05, 4.69) is 15.3 Å². The molecule has 0 aliphatic carbocycles. The molecule has 1 amide bonds. The first-order valence-electron chi connectivity index (χ1n) is 5.79. The van der Waals surface area contributed by atoms with E-state index in [-0.39, 0.29) is 11.9 Å². The number of fused-ring (bicyclic) bond motifs is 1. The van der Waals surface area contributed by atoms with E-state index in [9.17, 15) is 4.79 Å². The summed E-state index contributed by atoms with van der Waals surface area (Å²) in [5, 5.41) is 2.88. The quantitative estimate of drug-likeness (QED) is 0.848. The summed E-state index contributed by atoms with van der Waals surface area (Å²) in [5.74, 6) is 0.944. The van der Waals surface area contributed by atoms with Gasteiger partial charge in [-0.05, 0) is 38.5 Å². The Labute approximate surface area is 100 Å². The highest BCUT2D eigenvalue weighted by molar-refractivity contribution is 5.81. The predicted molar refractivity (Wildman–Crippen MR) is 67.8 cm³/mol. The van der Waals surface area contributed by atoms with Gasteiger partial charge in [0.2, 0.25) is 5.91 Å². The third kappa shape index (κ3) is 2.84. The third-order valence-electron chi connectivity index (χ3n) is 2.48. The number of hydrogen-bond donors (Lipinski definition) is 2. The van der Waals surface area contributed by atoms with E-state index in [4.69, 9.17) is 0 Å². The van der Waals surface area contributed by atoms with Gasteiger partial charge in [-0.1, -0.05) is 6.07 Å². The number of aromatic amines is 1. The topological polar surface area (TPSA) is 57.8 Å². The Morgan fingerprint density at radius 2 is 2.24 bits per heavy atom. The number of carbonyl (C=O) groups excluding carboxylic acids is 1. The summed E-state index contributed by atoms with van der Waals surface area (Å²) in [7, 11) is 0. The number of aromatic nitrogens is 2. The van der Waals surface area contributed by atoms with Crippen LogP contribution >= 0.6 is 0 Å². The summed E-state index contributed by atoms with van der Waals surface area (Å²) in [4.78, 5) is 19.1. The van der Waals surface area contributed by atoms with Crippen molar-refractivity contribution in [1.29, 1.82) is 0 Å². The van der Waals surface area contributed by atoms with Crippen LogP contribution in [0.1, 0.15) is 25.2 Å². The highest BCUT2D eigenvalue weighted by atomic mass is 16.1. The lowest BCUT2D eigenvalue weighted by Crippen LogP contribution is -2.31. The van der Waals surface area contributed by atoms with Crippen LogP contribution < -0.4 is 5.32 Å². The molecule has 0 unspecified atom stereocenters. The van der Waals surface area contributed by atoms with Gasteiger partial charge >= 0.3 is 0 Å². The predicted octanol–water partition coefficient (Wildman–Crippen LogP) is 1.94. The standard InChI is InChI=1S/C13H17N3O/c1-8(2)14-13(17)7-10-4-5-11-12(6-10)16-9(3)15-11/h4-6,8H,7H2,1-3H3,(H,14,17)(H,15,16). The number of aryl methyl sites for hydroxylation is 1. The second kappa shape index (κ2) is 4.57. The lowest BCUT2D eigenvalue weighted by Gasteiger charge is -2.07. The molecule has 4 heteroatoms. The van der Waals surface area contributed by atoms with Crippen LogP contribution in [0.25, 0.3) is 11.0 Å². The fourth-order valence-corrected chi connectivity index (χ4v) is 1.85. The number of carbonyl (C=O) groups is 1. The lowest BCUT2D eigenvalue weighted by atomic mass is 10.1. The normalized spacial score (nSPS) is 11.1. The fraction of sp³-hybridized carbons (Fsp3) is 0.385. The smallest absolute Gasteiger partial charge is 0.224 e. The largest absolute Gasteiger partial charge is 0.354 e. The van der Waals surface area contributed by atoms with Crippen molar-refractivity contribution in [2.75, 3.05) is 0 Å². The van der Waals surface area contributed by atoms with Crippen LogP contribution in [0.4, 0.5) is 0 Å². The minimum Gasteiger partial charge on any atom is -0.354 e. The van der Waals surface area contributed by atoms with Crippen molar-refractivity contribution in [2.24, 2.45) is 0 Å². The first-order chi connectivity index (χ1) is 8.04. The molecule has 0 radical (unpaired) electrons. The Bertz CT molecular complexity index is 543. The van der Waals surface area contributed by atoms with Crippen molar-refractivity contribution >= 4 is 16.9 Å². The number of H-pyrrole nitrogens is 1. The molecule has 4 nitrogen and oxygen atoms in total. The van der Waals surface area contributed by atoms with E-state index >= 15 is 0 Å². The Hall–Kier alpha value is -1.84. The molecule has 0 atom stereocenters. The zero-order valence-corrected chi connectivity index (χ0v) is 10.4. The highest BCUT2D eigenvalue weighted by Gasteiger charge is 2.06. The van der Waals surface area contributed by atoms with Crippen LogP contribution in [-0.4, -0.2) is 21.9 Å². The summed E-state index contributed by atoms with van der Waals surface area (Å²) in [6.07, 6.45) is 0.409. The van der Waals surface area contributed by atoms with Gasteiger partial charge in [0.1, 0.15) is 5.82 Å². The average molecular weight is 231 g/mol. The molecule has 1 aromatic carbocycles. The van der Waals surface area contributed by atoms with Gasteiger partial charge in [0.25, 0.3) is 0 Å². The van der Waals surface area contributed by atoms with Gasteiger partial charge in [-0.15, -0.1) is 0 Å². The molecule has 0 bridgehead atoms. The van der Waals surface area contributed by atoms with E-state index < -0.39 is 0 Å². The molecular formula is C13H17N3O. The molecule has 1 aromatic heterocycles. The van der Waals surface area contributed by atoms with Crippen molar-refractivity contribution in [2.45, 2.75) is 33.2 Å². The van der Waals surface area contributed by atoms with Gasteiger partial charge < -0.3 is 10.3 Å². The third-order valence-corrected chi connectivity index (χ3v) is 2.48. The SMILES string of the molecule is Cc1nc2ccc(CC(=O)NC(C)C)cc2[nH]1. The number of nitrogens with one attached hydrogen (secondary N) is 2. The highest BCUT2D eigenvalue weighted by Crippen LogP contribution is 2.13. The van der Waals surface area contributed by atoms with Crippen LogP contribution in [0, 0.1) is 6.92 Å². The van der Waals surface area contributed by atoms with Crippen molar-refractivity contribution in [3.63, 3.8) is 0 Å². The molecule has 0 saturated heterocycles. The first-order valence-corrected chi connectivity index (χ1v) is 5.79. The Balaban J connectivity index is 2.16. The summed E-state index contributed by atoms with van der Waals surface area (Å²) in [6, 6.07) is 6.05. The summed E-state index contributed by atoms with van der Waals surface area (Å²) < 4.78 is 0. The van der Waals surface area contributed by atoms with Crippen LogP contribution in [0.2, 0.25) is 0 Å². The minimum atomic E-state index is 0.0515. The van der Waals surface area contributed by atoms with Gasteiger partial charge in [-0.3, -0.25) is 4.79 Å². The molecule has 0 aliphatic rings. The van der Waals surface area contributed by atoms with Crippen molar-refractivity contribution in [1.82, 2.24) is 15.3 Å². The Morgan fingerprint density at radius 1 is 1.47 bits per heavy atom. The lowest BCUT2D eigenvalue weighted by molar-refractivity contribution is -0.120. The van der Waals surface area contributed by atoms with Crippen LogP contribution in [0.5, 0.6) is 0 Å². The summed E-state index contributed by atoms with van der Waals surface area (Å²) in [5.41, 5.74) is 2.92. The van der Waals surface area contributed by atoms with Gasteiger partial charge in [0.15, 0.2) is 0 Å². The van der Waals surface area contributed by atoms with Gasteiger partial charge in [-0.2, -0.15) is 0 Å². The maximum atomic E-state index is 11.6. The molecule has 2 aromatic rings.